The fourth-order valence-electron chi connectivity index (χ4n) is 2.91. The lowest BCUT2D eigenvalue weighted by Crippen LogP contribution is -2.43. The Morgan fingerprint density at radius 2 is 1.00 bits per heavy atom. The van der Waals surface area contributed by atoms with Crippen molar-refractivity contribution in [3.8, 4) is 0 Å². The molecule has 0 N–H and O–H groups in total. The number of halogens is 4. The largest absolute Gasteiger partial charge is 0.386 e. The monoisotopic (exact) mass is 450 g/mol. The minimum atomic E-state index is -1.76. The summed E-state index contributed by atoms with van der Waals surface area (Å²) in [6, 6.07) is 0. The van der Waals surface area contributed by atoms with Crippen LogP contribution in [0.25, 0.3) is 0 Å². The Hall–Kier alpha value is -1.64. The average Bonchev–Trinajstić information content (AvgIpc) is 2.96. The highest BCUT2D eigenvalue weighted by Crippen LogP contribution is 2.45. The van der Waals surface area contributed by atoms with E-state index in [4.69, 9.17) is 51.1 Å². The minimum Gasteiger partial charge on any atom is -0.386 e. The van der Waals surface area contributed by atoms with Gasteiger partial charge in [-0.15, -0.1) is 0 Å². The number of hydrogen-bond acceptors (Lipinski definition) is 7. The normalized spacial score (nSPS) is 30.5. The predicted molar refractivity (Wildman–Crippen MR) is 92.1 cm³/mol. The molecule has 4 aliphatic rings. The fourth-order valence-corrected chi connectivity index (χ4v) is 3.80. The first-order chi connectivity index (χ1) is 12.5. The highest BCUT2D eigenvalue weighted by molar-refractivity contribution is 6.52. The predicted octanol–water partition coefficient (Wildman–Crippen LogP) is 1.99. The van der Waals surface area contributed by atoms with Crippen molar-refractivity contribution in [1.82, 2.24) is 0 Å². The molecule has 0 radical (unpaired) electrons. The van der Waals surface area contributed by atoms with Crippen molar-refractivity contribution in [2.45, 2.75) is 20.9 Å². The van der Waals surface area contributed by atoms with Crippen LogP contribution in [0.2, 0.25) is 0 Å². The molecule has 0 aromatic heterocycles. The second-order valence-corrected chi connectivity index (χ2v) is 8.85. The summed E-state index contributed by atoms with van der Waals surface area (Å²) in [5.74, 6) is -3.50. The number of esters is 4. The zero-order valence-electron chi connectivity index (χ0n) is 12.8. The molecule has 0 amide bonds. The van der Waals surface area contributed by atoms with Crippen LogP contribution in [0, 0.1) is 0 Å². The molecule has 2 aliphatic carbocycles. The fraction of sp³-hybridized carbons (Fsp3) is 0.250. The zero-order valence-corrected chi connectivity index (χ0v) is 15.9. The van der Waals surface area contributed by atoms with Crippen LogP contribution in [-0.4, -0.2) is 44.8 Å². The Balaban J connectivity index is 1.68. The van der Waals surface area contributed by atoms with E-state index in [-0.39, 0.29) is 22.3 Å². The van der Waals surface area contributed by atoms with Crippen molar-refractivity contribution in [2.24, 2.45) is 0 Å². The first-order valence-electron chi connectivity index (χ1n) is 7.34. The molecule has 2 fully saturated rings. The van der Waals surface area contributed by atoms with Crippen LogP contribution < -0.4 is 0 Å². The summed E-state index contributed by atoms with van der Waals surface area (Å²) in [5.41, 5.74) is -0.289. The highest BCUT2D eigenvalue weighted by atomic mass is 35.5. The summed E-state index contributed by atoms with van der Waals surface area (Å²) < 4.78 is 11.2. The molecule has 0 spiro atoms. The number of alkyl halides is 4. The molecule has 2 aliphatic heterocycles. The maximum absolute atomic E-state index is 11.8. The summed E-state index contributed by atoms with van der Waals surface area (Å²) in [5, 5.41) is 0. The van der Waals surface area contributed by atoms with E-state index in [1.807, 2.05) is 0 Å². The van der Waals surface area contributed by atoms with Gasteiger partial charge in [-0.25, -0.2) is 19.2 Å². The topological polar surface area (TPSA) is 96.0 Å². The van der Waals surface area contributed by atoms with Gasteiger partial charge in [-0.3, -0.25) is 0 Å². The lowest BCUT2D eigenvalue weighted by Gasteiger charge is -2.35. The Kier molecular flexibility index (Phi) is 4.11. The maximum Gasteiger partial charge on any atom is 0.346 e. The van der Waals surface area contributed by atoms with Crippen LogP contribution in [0.4, 0.5) is 0 Å². The number of hydrogen-bond donors (Lipinski definition) is 0. The first-order valence-corrected chi connectivity index (χ1v) is 8.85. The third-order valence-electron chi connectivity index (χ3n) is 4.19. The molecule has 2 heterocycles. The summed E-state index contributed by atoms with van der Waals surface area (Å²) >= 11 is 24.9. The molecule has 0 aromatic carbocycles. The Morgan fingerprint density at radius 3 is 1.37 bits per heavy atom. The first kappa shape index (κ1) is 18.7. The molecule has 2 atom stereocenters. The molecule has 27 heavy (non-hydrogen) atoms. The van der Waals surface area contributed by atoms with Crippen molar-refractivity contribution in [2.75, 3.05) is 0 Å². The van der Waals surface area contributed by atoms with E-state index in [1.165, 1.54) is 12.2 Å². The van der Waals surface area contributed by atoms with Crippen LogP contribution in [0.3, 0.4) is 0 Å². The van der Waals surface area contributed by atoms with Gasteiger partial charge in [0.05, 0.1) is 22.3 Å². The number of carbonyl (C=O) groups excluding carboxylic acids is 4. The SMILES string of the molecule is O=C1OC(=O)C2=CC(Cl)(Cl)C(OC3C=C4C(=O)OC(=O)C4=CC3(Cl)Cl)C=C12. The second kappa shape index (κ2) is 5.93. The molecule has 140 valence electrons. The maximum atomic E-state index is 11.8. The second-order valence-electron chi connectivity index (χ2n) is 5.96. The minimum absolute atomic E-state index is 0.0631. The van der Waals surface area contributed by atoms with Crippen LogP contribution >= 0.6 is 46.4 Å². The van der Waals surface area contributed by atoms with Gasteiger partial charge in [-0.2, -0.15) is 0 Å². The van der Waals surface area contributed by atoms with E-state index < -0.39 is 44.8 Å². The molecule has 0 aromatic rings. The van der Waals surface area contributed by atoms with Crippen molar-refractivity contribution < 1.29 is 33.4 Å². The molecule has 0 bridgehead atoms. The molecule has 2 unspecified atom stereocenters. The molecule has 4 rings (SSSR count). The van der Waals surface area contributed by atoms with E-state index in [2.05, 4.69) is 9.47 Å². The van der Waals surface area contributed by atoms with E-state index in [1.54, 1.807) is 0 Å². The zero-order chi connectivity index (χ0) is 19.7. The van der Waals surface area contributed by atoms with Crippen LogP contribution in [0.5, 0.6) is 0 Å². The van der Waals surface area contributed by atoms with Gasteiger partial charge in [0.15, 0.2) is 8.67 Å². The van der Waals surface area contributed by atoms with Crippen molar-refractivity contribution >= 4 is 70.3 Å². The van der Waals surface area contributed by atoms with Gasteiger partial charge in [0.2, 0.25) is 0 Å². The molecule has 2 saturated heterocycles. The third-order valence-corrected chi connectivity index (χ3v) is 5.49. The summed E-state index contributed by atoms with van der Waals surface area (Å²) in [7, 11) is 0. The van der Waals surface area contributed by atoms with Crippen molar-refractivity contribution in [3.05, 3.63) is 46.6 Å². The van der Waals surface area contributed by atoms with Gasteiger partial charge >= 0.3 is 23.9 Å². The lowest BCUT2D eigenvalue weighted by molar-refractivity contribution is -0.151. The van der Waals surface area contributed by atoms with E-state index in [0.717, 1.165) is 12.2 Å². The Bertz CT molecular complexity index is 878. The number of ether oxygens (including phenoxy) is 3. The number of rotatable bonds is 2. The van der Waals surface area contributed by atoms with Crippen molar-refractivity contribution in [3.63, 3.8) is 0 Å². The van der Waals surface area contributed by atoms with Gasteiger partial charge in [-0.1, -0.05) is 46.4 Å². The molecular weight excluding hydrogens is 446 g/mol. The molecule has 11 heteroatoms. The molecule has 7 nitrogen and oxygen atoms in total. The average molecular weight is 452 g/mol. The van der Waals surface area contributed by atoms with Crippen molar-refractivity contribution in [1.29, 1.82) is 0 Å². The van der Waals surface area contributed by atoms with E-state index in [0.29, 0.717) is 0 Å². The lowest BCUT2D eigenvalue weighted by atomic mass is 9.95. The standard InChI is InChI=1S/C16H6Cl4O7/c17-15(18)3-7-5(11(21)26-13(7)23)1-9(15)25-10-2-6-8(4-16(10,19)20)14(24)27-12(6)22/h1-4,9-10H. The quantitative estimate of drug-likeness (QED) is 0.359. The van der Waals surface area contributed by atoms with Gasteiger partial charge < -0.3 is 14.2 Å². The highest BCUT2D eigenvalue weighted by Gasteiger charge is 2.50. The number of cyclic esters (lactones) is 4. The van der Waals surface area contributed by atoms with Gasteiger partial charge in [-0.05, 0) is 24.3 Å². The molecule has 0 saturated carbocycles. The Labute approximate surface area is 171 Å². The van der Waals surface area contributed by atoms with Crippen LogP contribution in [0.15, 0.2) is 46.6 Å². The smallest absolute Gasteiger partial charge is 0.346 e. The van der Waals surface area contributed by atoms with E-state index >= 15 is 0 Å². The molecular formula is C16H6Cl4O7. The van der Waals surface area contributed by atoms with Gasteiger partial charge in [0.25, 0.3) is 0 Å². The van der Waals surface area contributed by atoms with Crippen LogP contribution in [-0.2, 0) is 33.4 Å². The summed E-state index contributed by atoms with van der Waals surface area (Å²) in [6.45, 7) is 0. The summed E-state index contributed by atoms with van der Waals surface area (Å²) in [6.07, 6.45) is 2.31. The van der Waals surface area contributed by atoms with Crippen LogP contribution in [0.1, 0.15) is 0 Å². The number of fused-ring (bicyclic) bond motifs is 2. The Morgan fingerprint density at radius 1 is 0.667 bits per heavy atom. The van der Waals surface area contributed by atoms with E-state index in [9.17, 15) is 19.2 Å². The van der Waals surface area contributed by atoms with Gasteiger partial charge in [0.1, 0.15) is 12.2 Å². The number of carbonyl (C=O) groups is 4. The summed E-state index contributed by atoms with van der Waals surface area (Å²) in [4.78, 5) is 46.8. The van der Waals surface area contributed by atoms with Gasteiger partial charge in [0, 0.05) is 0 Å². The third kappa shape index (κ3) is 2.94.